The van der Waals surface area contributed by atoms with E-state index in [-0.39, 0.29) is 10.6 Å². The Labute approximate surface area is 122 Å². The van der Waals surface area contributed by atoms with Gasteiger partial charge in [0.05, 0.1) is 4.92 Å². The zero-order chi connectivity index (χ0) is 14.4. The van der Waals surface area contributed by atoms with Gasteiger partial charge in [-0.1, -0.05) is 26.2 Å². The first-order valence-electron chi connectivity index (χ1n) is 6.66. The molecule has 1 aromatic rings. The molecule has 5 heteroatoms. The maximum absolute atomic E-state index is 10.8. The lowest BCUT2D eigenvalue weighted by Gasteiger charge is -2.17. The standard InChI is InChI=1S/C14H21BrN2O2/c1-4-5-6-7-11(3)16-13-8-10(2)14(17(18)19)9-12(13)15/h8-9,11,16H,4-7H2,1-3H3. The number of unbranched alkanes of at least 4 members (excludes halogenated alkanes) is 2. The van der Waals surface area contributed by atoms with Crippen molar-refractivity contribution in [3.8, 4) is 0 Å². The van der Waals surface area contributed by atoms with Gasteiger partial charge in [-0.05, 0) is 42.3 Å². The summed E-state index contributed by atoms with van der Waals surface area (Å²) < 4.78 is 0.743. The first-order valence-corrected chi connectivity index (χ1v) is 7.46. The van der Waals surface area contributed by atoms with Gasteiger partial charge in [0.25, 0.3) is 5.69 Å². The summed E-state index contributed by atoms with van der Waals surface area (Å²) in [6, 6.07) is 3.76. The number of anilines is 1. The number of hydrogen-bond acceptors (Lipinski definition) is 3. The molecule has 0 aromatic heterocycles. The second-order valence-corrected chi connectivity index (χ2v) is 5.77. The lowest BCUT2D eigenvalue weighted by molar-refractivity contribution is -0.385. The number of nitrogens with one attached hydrogen (secondary N) is 1. The van der Waals surface area contributed by atoms with E-state index in [1.807, 2.05) is 6.07 Å². The fraction of sp³-hybridized carbons (Fsp3) is 0.571. The molecule has 0 aliphatic heterocycles. The van der Waals surface area contributed by atoms with Gasteiger partial charge in [-0.3, -0.25) is 10.1 Å². The Morgan fingerprint density at radius 1 is 1.42 bits per heavy atom. The lowest BCUT2D eigenvalue weighted by Crippen LogP contribution is -2.15. The summed E-state index contributed by atoms with van der Waals surface area (Å²) >= 11 is 3.39. The summed E-state index contributed by atoms with van der Waals surface area (Å²) in [6.07, 6.45) is 4.77. The Hall–Kier alpha value is -1.10. The van der Waals surface area contributed by atoms with Crippen molar-refractivity contribution in [3.63, 3.8) is 0 Å². The summed E-state index contributed by atoms with van der Waals surface area (Å²) in [7, 11) is 0. The number of nitro groups is 1. The molecule has 0 saturated heterocycles. The highest BCUT2D eigenvalue weighted by molar-refractivity contribution is 9.10. The maximum atomic E-state index is 10.8. The molecular formula is C14H21BrN2O2. The zero-order valence-corrected chi connectivity index (χ0v) is 13.3. The number of aryl methyl sites for hydroxylation is 1. The maximum Gasteiger partial charge on any atom is 0.273 e. The van der Waals surface area contributed by atoms with Crippen LogP contribution in [0.4, 0.5) is 11.4 Å². The van der Waals surface area contributed by atoms with E-state index in [1.165, 1.54) is 19.3 Å². The molecule has 0 heterocycles. The minimum atomic E-state index is -0.353. The summed E-state index contributed by atoms with van der Waals surface area (Å²) in [5, 5.41) is 14.3. The quantitative estimate of drug-likeness (QED) is 0.433. The second-order valence-electron chi connectivity index (χ2n) is 4.92. The van der Waals surface area contributed by atoms with E-state index < -0.39 is 0 Å². The van der Waals surface area contributed by atoms with Crippen LogP contribution in [0.5, 0.6) is 0 Å². The van der Waals surface area contributed by atoms with Gasteiger partial charge in [0.1, 0.15) is 0 Å². The number of rotatable bonds is 7. The Morgan fingerprint density at radius 2 is 2.11 bits per heavy atom. The van der Waals surface area contributed by atoms with Crippen LogP contribution in [0.3, 0.4) is 0 Å². The van der Waals surface area contributed by atoms with Crippen LogP contribution in [0.15, 0.2) is 16.6 Å². The normalized spacial score (nSPS) is 12.2. The molecule has 0 amide bonds. The van der Waals surface area contributed by atoms with Crippen LogP contribution in [0.25, 0.3) is 0 Å². The van der Waals surface area contributed by atoms with E-state index in [1.54, 1.807) is 13.0 Å². The van der Waals surface area contributed by atoms with Crippen molar-refractivity contribution in [2.24, 2.45) is 0 Å². The van der Waals surface area contributed by atoms with Gasteiger partial charge in [0.2, 0.25) is 0 Å². The topological polar surface area (TPSA) is 55.2 Å². The smallest absolute Gasteiger partial charge is 0.273 e. The van der Waals surface area contributed by atoms with Crippen molar-refractivity contribution in [2.45, 2.75) is 52.5 Å². The summed E-state index contributed by atoms with van der Waals surface area (Å²) in [4.78, 5) is 10.5. The third-order valence-corrected chi connectivity index (χ3v) is 3.78. The molecule has 1 aromatic carbocycles. The number of hydrogen-bond donors (Lipinski definition) is 1. The Morgan fingerprint density at radius 3 is 2.68 bits per heavy atom. The van der Waals surface area contributed by atoms with Crippen LogP contribution >= 0.6 is 15.9 Å². The monoisotopic (exact) mass is 328 g/mol. The average molecular weight is 329 g/mol. The van der Waals surface area contributed by atoms with Crippen molar-refractivity contribution in [1.29, 1.82) is 0 Å². The molecule has 0 radical (unpaired) electrons. The molecule has 106 valence electrons. The molecule has 0 spiro atoms. The molecule has 0 fully saturated rings. The Balaban J connectivity index is 2.74. The number of nitrogens with zero attached hydrogens (tertiary/aromatic N) is 1. The zero-order valence-electron chi connectivity index (χ0n) is 11.7. The predicted octanol–water partition coefficient (Wildman–Crippen LogP) is 5.05. The van der Waals surface area contributed by atoms with Crippen LogP contribution in [0.2, 0.25) is 0 Å². The molecule has 19 heavy (non-hydrogen) atoms. The first-order chi connectivity index (χ1) is 8.95. The fourth-order valence-electron chi connectivity index (χ4n) is 2.02. The van der Waals surface area contributed by atoms with Gasteiger partial charge in [0.15, 0.2) is 0 Å². The molecule has 0 bridgehead atoms. The SMILES string of the molecule is CCCCCC(C)Nc1cc(C)c([N+](=O)[O-])cc1Br. The largest absolute Gasteiger partial charge is 0.382 e. The van der Waals surface area contributed by atoms with E-state index in [9.17, 15) is 10.1 Å². The highest BCUT2D eigenvalue weighted by atomic mass is 79.9. The molecule has 1 unspecified atom stereocenters. The third-order valence-electron chi connectivity index (χ3n) is 3.12. The van der Waals surface area contributed by atoms with Crippen LogP contribution in [0.1, 0.15) is 45.1 Å². The van der Waals surface area contributed by atoms with Crippen molar-refractivity contribution in [2.75, 3.05) is 5.32 Å². The van der Waals surface area contributed by atoms with Gasteiger partial charge >= 0.3 is 0 Å². The molecule has 0 saturated carbocycles. The molecule has 0 aliphatic rings. The molecule has 0 aliphatic carbocycles. The fourth-order valence-corrected chi connectivity index (χ4v) is 2.46. The minimum Gasteiger partial charge on any atom is -0.382 e. The van der Waals surface area contributed by atoms with Crippen LogP contribution in [0, 0.1) is 17.0 Å². The number of benzene rings is 1. The lowest BCUT2D eigenvalue weighted by atomic mass is 10.1. The van der Waals surface area contributed by atoms with E-state index >= 15 is 0 Å². The van der Waals surface area contributed by atoms with Gasteiger partial charge in [0, 0.05) is 27.8 Å². The highest BCUT2D eigenvalue weighted by Crippen LogP contribution is 2.31. The van der Waals surface area contributed by atoms with Gasteiger partial charge in [-0.25, -0.2) is 0 Å². The first kappa shape index (κ1) is 16.0. The average Bonchev–Trinajstić information content (AvgIpc) is 2.33. The van der Waals surface area contributed by atoms with Crippen molar-refractivity contribution in [3.05, 3.63) is 32.3 Å². The van der Waals surface area contributed by atoms with Gasteiger partial charge in [-0.2, -0.15) is 0 Å². The van der Waals surface area contributed by atoms with Crippen molar-refractivity contribution < 1.29 is 4.92 Å². The molecule has 1 N–H and O–H groups in total. The van der Waals surface area contributed by atoms with E-state index in [2.05, 4.69) is 35.1 Å². The van der Waals surface area contributed by atoms with Crippen molar-refractivity contribution in [1.82, 2.24) is 0 Å². The third kappa shape index (κ3) is 4.82. The summed E-state index contributed by atoms with van der Waals surface area (Å²) in [5.74, 6) is 0. The summed E-state index contributed by atoms with van der Waals surface area (Å²) in [5.41, 5.74) is 1.75. The van der Waals surface area contributed by atoms with Crippen LogP contribution in [-0.4, -0.2) is 11.0 Å². The Bertz CT molecular complexity index is 449. The van der Waals surface area contributed by atoms with Crippen LogP contribution in [-0.2, 0) is 0 Å². The Kier molecular flexibility index (Phi) is 6.28. The molecular weight excluding hydrogens is 308 g/mol. The molecule has 1 rings (SSSR count). The highest BCUT2D eigenvalue weighted by Gasteiger charge is 2.15. The van der Waals surface area contributed by atoms with Crippen LogP contribution < -0.4 is 5.32 Å². The number of halogens is 1. The molecule has 1 atom stereocenters. The second kappa shape index (κ2) is 7.48. The minimum absolute atomic E-state index is 0.149. The van der Waals surface area contributed by atoms with E-state index in [0.29, 0.717) is 11.6 Å². The predicted molar refractivity (Wildman–Crippen MR) is 82.8 cm³/mol. The van der Waals surface area contributed by atoms with E-state index in [4.69, 9.17) is 0 Å². The van der Waals surface area contributed by atoms with Gasteiger partial charge in [-0.15, -0.1) is 0 Å². The molecule has 4 nitrogen and oxygen atoms in total. The number of nitro benzene ring substituents is 1. The van der Waals surface area contributed by atoms with E-state index in [0.717, 1.165) is 16.6 Å². The van der Waals surface area contributed by atoms with Gasteiger partial charge < -0.3 is 5.32 Å². The summed E-state index contributed by atoms with van der Waals surface area (Å²) in [6.45, 7) is 6.09. The van der Waals surface area contributed by atoms with Crippen molar-refractivity contribution >= 4 is 27.3 Å².